The number of aromatic nitrogens is 2. The van der Waals surface area contributed by atoms with E-state index in [-0.39, 0.29) is 29.1 Å². The minimum atomic E-state index is -3.02. The molecule has 1 aliphatic heterocycles. The van der Waals surface area contributed by atoms with Crippen molar-refractivity contribution in [1.29, 1.82) is 0 Å². The molecule has 0 spiro atoms. The van der Waals surface area contributed by atoms with E-state index in [2.05, 4.69) is 15.5 Å². The topological polar surface area (TPSA) is 91.9 Å². The highest BCUT2D eigenvalue weighted by Gasteiger charge is 2.29. The summed E-state index contributed by atoms with van der Waals surface area (Å²) in [6.07, 6.45) is 0.444. The predicted octanol–water partition coefficient (Wildman–Crippen LogP) is 1.65. The van der Waals surface area contributed by atoms with Gasteiger partial charge in [0.2, 0.25) is 0 Å². The molecule has 116 valence electrons. The largest absolute Gasteiger partial charge is 0.347 e. The van der Waals surface area contributed by atoms with E-state index in [1.54, 1.807) is 12.1 Å². The first-order chi connectivity index (χ1) is 10.4. The molecule has 8 heteroatoms. The van der Waals surface area contributed by atoms with Crippen molar-refractivity contribution >= 4 is 27.3 Å². The molecule has 0 radical (unpaired) electrons. The van der Waals surface area contributed by atoms with Crippen molar-refractivity contribution in [3.05, 3.63) is 41.0 Å². The van der Waals surface area contributed by atoms with Gasteiger partial charge >= 0.3 is 0 Å². The van der Waals surface area contributed by atoms with Crippen molar-refractivity contribution in [2.24, 2.45) is 0 Å². The third kappa shape index (κ3) is 3.15. The zero-order valence-corrected chi connectivity index (χ0v) is 13.1. The second kappa shape index (κ2) is 5.73. The van der Waals surface area contributed by atoms with Crippen LogP contribution in [0.2, 0.25) is 5.02 Å². The van der Waals surface area contributed by atoms with Crippen LogP contribution in [0.4, 0.5) is 0 Å². The summed E-state index contributed by atoms with van der Waals surface area (Å²) in [5, 5.41) is 9.99. The van der Waals surface area contributed by atoms with Gasteiger partial charge in [0, 0.05) is 11.6 Å². The smallest absolute Gasteiger partial charge is 0.269 e. The second-order valence-corrected chi connectivity index (χ2v) is 7.86. The molecule has 0 saturated carbocycles. The highest BCUT2D eigenvalue weighted by atomic mass is 35.5. The van der Waals surface area contributed by atoms with Crippen LogP contribution in [0, 0.1) is 0 Å². The Hall–Kier alpha value is -1.86. The average Bonchev–Trinajstić information content (AvgIpc) is 3.06. The molecule has 2 N–H and O–H groups in total. The molecule has 1 fully saturated rings. The van der Waals surface area contributed by atoms with Crippen molar-refractivity contribution in [3.63, 3.8) is 0 Å². The molecule has 2 heterocycles. The summed E-state index contributed by atoms with van der Waals surface area (Å²) in [5.41, 5.74) is 1.57. The highest BCUT2D eigenvalue weighted by Crippen LogP contribution is 2.26. The number of sulfone groups is 1. The van der Waals surface area contributed by atoms with Crippen LogP contribution in [0.15, 0.2) is 30.3 Å². The molecule has 0 unspecified atom stereocenters. The van der Waals surface area contributed by atoms with Crippen LogP contribution in [0.5, 0.6) is 0 Å². The van der Waals surface area contributed by atoms with Gasteiger partial charge in [0.15, 0.2) is 9.84 Å². The summed E-state index contributed by atoms with van der Waals surface area (Å²) in [4.78, 5) is 12.1. The van der Waals surface area contributed by atoms with Gasteiger partial charge in [-0.15, -0.1) is 0 Å². The van der Waals surface area contributed by atoms with E-state index in [0.717, 1.165) is 5.56 Å². The Morgan fingerprint density at radius 1 is 1.36 bits per heavy atom. The molecule has 1 amide bonds. The number of aromatic amines is 1. The van der Waals surface area contributed by atoms with E-state index in [1.165, 1.54) is 0 Å². The molecule has 3 rings (SSSR count). The van der Waals surface area contributed by atoms with Gasteiger partial charge in [-0.25, -0.2) is 8.42 Å². The van der Waals surface area contributed by atoms with E-state index in [4.69, 9.17) is 11.6 Å². The summed E-state index contributed by atoms with van der Waals surface area (Å²) in [6.45, 7) is 0. The predicted molar refractivity (Wildman–Crippen MR) is 83.6 cm³/mol. The van der Waals surface area contributed by atoms with Gasteiger partial charge in [-0.2, -0.15) is 5.10 Å². The third-order valence-electron chi connectivity index (χ3n) is 3.54. The first-order valence-corrected chi connectivity index (χ1v) is 8.96. The van der Waals surface area contributed by atoms with Crippen molar-refractivity contribution < 1.29 is 13.2 Å². The Bertz CT molecular complexity index is 816. The van der Waals surface area contributed by atoms with Crippen molar-refractivity contribution in [2.75, 3.05) is 11.5 Å². The number of carbonyl (C=O) groups is 1. The van der Waals surface area contributed by atoms with Crippen molar-refractivity contribution in [1.82, 2.24) is 15.5 Å². The minimum Gasteiger partial charge on any atom is -0.347 e. The molecule has 0 aliphatic carbocycles. The summed E-state index contributed by atoms with van der Waals surface area (Å²) in [6, 6.07) is 8.45. The van der Waals surface area contributed by atoms with Gasteiger partial charge in [0.1, 0.15) is 5.69 Å². The number of hydrogen-bond acceptors (Lipinski definition) is 4. The highest BCUT2D eigenvalue weighted by molar-refractivity contribution is 7.91. The normalized spacial score (nSPS) is 20.0. The number of nitrogens with zero attached hydrogens (tertiary/aromatic N) is 1. The molecule has 22 heavy (non-hydrogen) atoms. The molecular formula is C14H14ClN3O3S. The zero-order valence-electron chi connectivity index (χ0n) is 11.5. The minimum absolute atomic E-state index is 0.00967. The Morgan fingerprint density at radius 2 is 2.14 bits per heavy atom. The number of nitrogens with one attached hydrogen (secondary N) is 2. The molecule has 1 aliphatic rings. The lowest BCUT2D eigenvalue weighted by Gasteiger charge is -2.08. The van der Waals surface area contributed by atoms with E-state index < -0.39 is 9.84 Å². The lowest BCUT2D eigenvalue weighted by atomic mass is 10.1. The number of H-pyrrole nitrogens is 1. The van der Waals surface area contributed by atoms with E-state index >= 15 is 0 Å². The third-order valence-corrected chi connectivity index (χ3v) is 5.64. The van der Waals surface area contributed by atoms with Gasteiger partial charge in [0.25, 0.3) is 5.91 Å². The standard InChI is InChI=1S/C14H14ClN3O3S/c15-11-4-2-1-3-10(11)12-7-13(18-17-12)14(19)16-9-5-6-22(20,21)8-9/h1-4,7,9H,5-6,8H2,(H,16,19)(H,17,18)/t9-/m0/s1. The number of rotatable bonds is 3. The number of hydrogen-bond donors (Lipinski definition) is 2. The Balaban J connectivity index is 1.74. The lowest BCUT2D eigenvalue weighted by molar-refractivity contribution is 0.0936. The maximum absolute atomic E-state index is 12.1. The van der Waals surface area contributed by atoms with Crippen LogP contribution in [0.3, 0.4) is 0 Å². The van der Waals surface area contributed by atoms with Gasteiger partial charge in [-0.3, -0.25) is 9.89 Å². The summed E-state index contributed by atoms with van der Waals surface area (Å²) in [7, 11) is -3.02. The molecule has 1 aromatic carbocycles. The Kier molecular flexibility index (Phi) is 3.92. The Labute approximate surface area is 132 Å². The number of amides is 1. The summed E-state index contributed by atoms with van der Waals surface area (Å²) < 4.78 is 22.8. The number of carbonyl (C=O) groups excluding carboxylic acids is 1. The fourth-order valence-corrected chi connectivity index (χ4v) is 4.32. The molecule has 6 nitrogen and oxygen atoms in total. The van der Waals surface area contributed by atoms with Crippen LogP contribution in [0.25, 0.3) is 11.3 Å². The maximum atomic E-state index is 12.1. The summed E-state index contributed by atoms with van der Waals surface area (Å²) in [5.74, 6) is -0.260. The van der Waals surface area contributed by atoms with E-state index in [9.17, 15) is 13.2 Å². The molecule has 1 atom stereocenters. The van der Waals surface area contributed by atoms with Gasteiger partial charge in [0.05, 0.1) is 22.2 Å². The fourth-order valence-electron chi connectivity index (χ4n) is 2.42. The molecule has 1 aromatic heterocycles. The second-order valence-electron chi connectivity index (χ2n) is 5.22. The van der Waals surface area contributed by atoms with Crippen LogP contribution in [-0.4, -0.2) is 42.1 Å². The van der Waals surface area contributed by atoms with E-state index in [1.807, 2.05) is 18.2 Å². The number of benzene rings is 1. The van der Waals surface area contributed by atoms with Gasteiger partial charge in [-0.1, -0.05) is 29.8 Å². The molecule has 1 saturated heterocycles. The maximum Gasteiger partial charge on any atom is 0.269 e. The molecule has 2 aromatic rings. The van der Waals surface area contributed by atoms with Crippen LogP contribution in [0.1, 0.15) is 16.9 Å². The number of halogens is 1. The Morgan fingerprint density at radius 3 is 2.82 bits per heavy atom. The lowest BCUT2D eigenvalue weighted by Crippen LogP contribution is -2.35. The van der Waals surface area contributed by atoms with E-state index in [0.29, 0.717) is 17.1 Å². The van der Waals surface area contributed by atoms with Gasteiger partial charge in [-0.05, 0) is 18.6 Å². The fraction of sp³-hybridized carbons (Fsp3) is 0.286. The first-order valence-electron chi connectivity index (χ1n) is 6.76. The van der Waals surface area contributed by atoms with Crippen molar-refractivity contribution in [2.45, 2.75) is 12.5 Å². The molecule has 0 bridgehead atoms. The summed E-state index contributed by atoms with van der Waals surface area (Å²) >= 11 is 6.10. The van der Waals surface area contributed by atoms with Crippen LogP contribution >= 0.6 is 11.6 Å². The SMILES string of the molecule is O=C(N[C@H]1CCS(=O)(=O)C1)c1cc(-c2ccccc2Cl)n[nH]1. The first kappa shape index (κ1) is 15.1. The quantitative estimate of drug-likeness (QED) is 0.889. The zero-order chi connectivity index (χ0) is 15.7. The molecular weight excluding hydrogens is 326 g/mol. The van der Waals surface area contributed by atoms with Crippen LogP contribution < -0.4 is 5.32 Å². The monoisotopic (exact) mass is 339 g/mol. The van der Waals surface area contributed by atoms with Crippen LogP contribution in [-0.2, 0) is 9.84 Å². The van der Waals surface area contributed by atoms with Gasteiger partial charge < -0.3 is 5.32 Å². The van der Waals surface area contributed by atoms with Crippen molar-refractivity contribution in [3.8, 4) is 11.3 Å². The average molecular weight is 340 g/mol.